The number of rotatable bonds is 6. The lowest BCUT2D eigenvalue weighted by Gasteiger charge is -2.33. The Kier molecular flexibility index (Phi) is 6.61. The molecule has 1 aliphatic carbocycles. The minimum absolute atomic E-state index is 0.118. The summed E-state index contributed by atoms with van der Waals surface area (Å²) in [6.07, 6.45) is 5.29. The van der Waals surface area contributed by atoms with Crippen molar-refractivity contribution in [1.29, 1.82) is 0 Å². The lowest BCUT2D eigenvalue weighted by molar-refractivity contribution is 0.0907. The van der Waals surface area contributed by atoms with E-state index in [2.05, 4.69) is 15.7 Å². The molecule has 11 heteroatoms. The first-order valence-electron chi connectivity index (χ1n) is 12.9. The van der Waals surface area contributed by atoms with Crippen LogP contribution in [0.4, 0.5) is 10.5 Å². The van der Waals surface area contributed by atoms with Gasteiger partial charge in [-0.25, -0.2) is 9.59 Å². The number of piperidine rings is 1. The van der Waals surface area contributed by atoms with Gasteiger partial charge < -0.3 is 15.5 Å². The largest absolute Gasteiger partial charge is 0.346 e. The topological polar surface area (TPSA) is 123 Å². The van der Waals surface area contributed by atoms with Crippen LogP contribution in [0.25, 0.3) is 10.9 Å². The number of likely N-dealkylation sites (tertiary alicyclic amines) is 1. The first-order chi connectivity index (χ1) is 17.7. The third-order valence-corrected chi connectivity index (χ3v) is 7.06. The molecule has 1 saturated heterocycles. The van der Waals surface area contributed by atoms with Crippen molar-refractivity contribution < 1.29 is 9.59 Å². The zero-order chi connectivity index (χ0) is 26.3. The molecular weight excluding hydrogens is 474 g/mol. The number of hydrogen-bond acceptors (Lipinski definition) is 5. The van der Waals surface area contributed by atoms with Gasteiger partial charge in [0.2, 0.25) is 0 Å². The Morgan fingerprint density at radius 1 is 1.14 bits per heavy atom. The highest BCUT2D eigenvalue weighted by molar-refractivity contribution is 5.93. The molecule has 3 heterocycles. The molecule has 1 unspecified atom stereocenters. The van der Waals surface area contributed by atoms with Gasteiger partial charge in [-0.3, -0.25) is 23.4 Å². The molecule has 196 valence electrons. The molecule has 1 aliphatic heterocycles. The van der Waals surface area contributed by atoms with E-state index >= 15 is 0 Å². The van der Waals surface area contributed by atoms with E-state index in [4.69, 9.17) is 0 Å². The minimum atomic E-state index is -0.324. The zero-order valence-electron chi connectivity index (χ0n) is 21.4. The average molecular weight is 508 g/mol. The van der Waals surface area contributed by atoms with Gasteiger partial charge in [-0.15, -0.1) is 0 Å². The maximum atomic E-state index is 13.3. The summed E-state index contributed by atoms with van der Waals surface area (Å²) in [7, 11) is 1.75. The second kappa shape index (κ2) is 9.87. The van der Waals surface area contributed by atoms with Crippen LogP contribution in [-0.2, 0) is 13.6 Å². The van der Waals surface area contributed by atoms with E-state index in [9.17, 15) is 19.2 Å². The first kappa shape index (κ1) is 24.8. The van der Waals surface area contributed by atoms with Crippen LogP contribution in [0.15, 0.2) is 40.1 Å². The van der Waals surface area contributed by atoms with Crippen molar-refractivity contribution in [3.05, 3.63) is 57.0 Å². The number of aromatic nitrogens is 4. The number of aryl methyl sites for hydroxylation is 1. The van der Waals surface area contributed by atoms with Gasteiger partial charge in [0.25, 0.3) is 11.5 Å². The molecule has 11 nitrogen and oxygen atoms in total. The number of benzene rings is 1. The number of urea groups is 1. The number of anilines is 1. The van der Waals surface area contributed by atoms with Gasteiger partial charge >= 0.3 is 11.7 Å². The van der Waals surface area contributed by atoms with Crippen molar-refractivity contribution in [2.24, 2.45) is 13.0 Å². The van der Waals surface area contributed by atoms with Crippen LogP contribution in [0, 0.1) is 5.92 Å². The van der Waals surface area contributed by atoms with Gasteiger partial charge in [-0.1, -0.05) is 0 Å². The number of amides is 3. The molecule has 1 saturated carbocycles. The minimum Gasteiger partial charge on any atom is -0.346 e. The molecule has 2 aliphatic rings. The van der Waals surface area contributed by atoms with Gasteiger partial charge in [0.05, 0.1) is 10.9 Å². The Morgan fingerprint density at radius 3 is 2.59 bits per heavy atom. The Labute approximate surface area is 214 Å². The molecule has 1 aromatic carbocycles. The summed E-state index contributed by atoms with van der Waals surface area (Å²) in [6, 6.07) is 6.15. The van der Waals surface area contributed by atoms with E-state index in [-0.39, 0.29) is 35.3 Å². The third kappa shape index (κ3) is 5.16. The van der Waals surface area contributed by atoms with E-state index in [1.165, 1.54) is 4.57 Å². The normalized spacial score (nSPS) is 17.8. The zero-order valence-corrected chi connectivity index (χ0v) is 21.4. The highest BCUT2D eigenvalue weighted by atomic mass is 16.2. The number of nitrogens with zero attached hydrogens (tertiary/aromatic N) is 5. The molecule has 3 amide bonds. The van der Waals surface area contributed by atoms with Crippen LogP contribution in [0.5, 0.6) is 0 Å². The SMILES string of the molecule is CC(C)n1c(=O)n(CC2CC2)c(=O)c2cc(NC(=O)N3CCCC(NC(=O)c4ccn(C)n4)C3)ccc21. The molecular formula is C26H33N7O4. The van der Waals surface area contributed by atoms with Gasteiger partial charge in [-0.05, 0) is 69.7 Å². The lowest BCUT2D eigenvalue weighted by atomic mass is 10.1. The Hall–Kier alpha value is -3.89. The third-order valence-electron chi connectivity index (χ3n) is 7.06. The van der Waals surface area contributed by atoms with Crippen LogP contribution < -0.4 is 21.9 Å². The van der Waals surface area contributed by atoms with Crippen LogP contribution in [0.3, 0.4) is 0 Å². The predicted octanol–water partition coefficient (Wildman–Crippen LogP) is 2.31. The summed E-state index contributed by atoms with van der Waals surface area (Å²) in [4.78, 5) is 53.6. The quantitative estimate of drug-likeness (QED) is 0.530. The van der Waals surface area contributed by atoms with Gasteiger partial charge in [0, 0.05) is 50.6 Å². The van der Waals surface area contributed by atoms with Crippen LogP contribution in [0.1, 0.15) is 56.1 Å². The maximum Gasteiger partial charge on any atom is 0.331 e. The Bertz CT molecular complexity index is 1460. The summed E-state index contributed by atoms with van der Waals surface area (Å²) < 4.78 is 4.55. The van der Waals surface area contributed by atoms with E-state index in [1.54, 1.807) is 51.7 Å². The molecule has 0 bridgehead atoms. The molecule has 0 spiro atoms. The van der Waals surface area contributed by atoms with E-state index in [0.717, 1.165) is 25.7 Å². The van der Waals surface area contributed by atoms with Gasteiger partial charge in [0.1, 0.15) is 5.69 Å². The van der Waals surface area contributed by atoms with Gasteiger partial charge in [-0.2, -0.15) is 5.10 Å². The second-order valence-corrected chi connectivity index (χ2v) is 10.4. The molecule has 37 heavy (non-hydrogen) atoms. The maximum absolute atomic E-state index is 13.3. The number of carbonyl (C=O) groups is 2. The first-order valence-corrected chi connectivity index (χ1v) is 12.9. The van der Waals surface area contributed by atoms with Gasteiger partial charge in [0.15, 0.2) is 0 Å². The Morgan fingerprint density at radius 2 is 1.92 bits per heavy atom. The smallest absolute Gasteiger partial charge is 0.331 e. The highest BCUT2D eigenvalue weighted by Gasteiger charge is 2.27. The van der Waals surface area contributed by atoms with E-state index in [1.807, 2.05) is 13.8 Å². The van der Waals surface area contributed by atoms with Crippen molar-refractivity contribution in [3.8, 4) is 0 Å². The van der Waals surface area contributed by atoms with E-state index in [0.29, 0.717) is 47.8 Å². The molecule has 5 rings (SSSR count). The summed E-state index contributed by atoms with van der Waals surface area (Å²) in [6.45, 7) is 5.20. The van der Waals surface area contributed by atoms with Crippen LogP contribution >= 0.6 is 0 Å². The lowest BCUT2D eigenvalue weighted by Crippen LogP contribution is -2.50. The van der Waals surface area contributed by atoms with Crippen molar-refractivity contribution in [3.63, 3.8) is 0 Å². The molecule has 0 radical (unpaired) electrons. The van der Waals surface area contributed by atoms with Crippen molar-refractivity contribution in [2.75, 3.05) is 18.4 Å². The number of fused-ring (bicyclic) bond motifs is 1. The summed E-state index contributed by atoms with van der Waals surface area (Å²) >= 11 is 0. The molecule has 1 atom stereocenters. The standard InChI is InChI=1S/C26H33N7O4/c1-16(2)33-22-9-8-18(13-20(22)24(35)32(26(33)37)14-17-6-7-17)28-25(36)31-11-4-5-19(15-31)27-23(34)21-10-12-30(3)29-21/h8-10,12-13,16-17,19H,4-7,11,14-15H2,1-3H3,(H,27,34)(H,28,36). The van der Waals surface area contributed by atoms with E-state index < -0.39 is 0 Å². The molecule has 2 fully saturated rings. The highest BCUT2D eigenvalue weighted by Crippen LogP contribution is 2.30. The van der Waals surface area contributed by atoms with Crippen molar-refractivity contribution >= 4 is 28.5 Å². The summed E-state index contributed by atoms with van der Waals surface area (Å²) in [5, 5.41) is 10.4. The van der Waals surface area contributed by atoms with Crippen LogP contribution in [-0.4, -0.2) is 54.9 Å². The second-order valence-electron chi connectivity index (χ2n) is 10.4. The fourth-order valence-corrected chi connectivity index (χ4v) is 4.96. The number of carbonyl (C=O) groups excluding carboxylic acids is 2. The van der Waals surface area contributed by atoms with Crippen LogP contribution in [0.2, 0.25) is 0 Å². The summed E-state index contributed by atoms with van der Waals surface area (Å²) in [5.74, 6) is 0.109. The van der Waals surface area contributed by atoms with Crippen molar-refractivity contribution in [2.45, 2.75) is 58.2 Å². The summed E-state index contributed by atoms with van der Waals surface area (Å²) in [5.41, 5.74) is 0.775. The Balaban J connectivity index is 1.34. The fraction of sp³-hybridized carbons (Fsp3) is 0.500. The average Bonchev–Trinajstić information content (AvgIpc) is 3.58. The fourth-order valence-electron chi connectivity index (χ4n) is 4.96. The predicted molar refractivity (Wildman–Crippen MR) is 140 cm³/mol. The molecule has 2 aromatic heterocycles. The van der Waals surface area contributed by atoms with Crippen molar-refractivity contribution in [1.82, 2.24) is 29.1 Å². The molecule has 3 aromatic rings. The number of nitrogens with one attached hydrogen (secondary N) is 2. The molecule has 2 N–H and O–H groups in total. The number of hydrogen-bond donors (Lipinski definition) is 2. The monoisotopic (exact) mass is 507 g/mol.